The fraction of sp³-hybridized carbons (Fsp3) is 0.400. The van der Waals surface area contributed by atoms with Crippen molar-refractivity contribution in [3.05, 3.63) is 35.2 Å². The maximum absolute atomic E-state index is 5.95. The van der Waals surface area contributed by atoms with Crippen LogP contribution in [0.3, 0.4) is 0 Å². The Morgan fingerprint density at radius 3 is 2.33 bits per heavy atom. The first kappa shape index (κ1) is 12.7. The van der Waals surface area contributed by atoms with Gasteiger partial charge in [-0.15, -0.1) is 0 Å². The van der Waals surface area contributed by atoms with Crippen LogP contribution in [-0.4, -0.2) is 4.98 Å². The van der Waals surface area contributed by atoms with Gasteiger partial charge in [0.15, 0.2) is 0 Å². The highest BCUT2D eigenvalue weighted by Crippen LogP contribution is 2.30. The van der Waals surface area contributed by atoms with Crippen LogP contribution in [-0.2, 0) is 5.41 Å². The second-order valence-electron chi connectivity index (χ2n) is 5.80. The summed E-state index contributed by atoms with van der Waals surface area (Å²) in [7, 11) is 0. The van der Waals surface area contributed by atoms with Crippen LogP contribution in [0.15, 0.2) is 22.7 Å². The Hall–Kier alpha value is -1.77. The first-order valence-electron chi connectivity index (χ1n) is 6.12. The lowest BCUT2D eigenvalue weighted by molar-refractivity contribution is 0.415. The van der Waals surface area contributed by atoms with Crippen LogP contribution in [0.5, 0.6) is 0 Å². The van der Waals surface area contributed by atoms with Gasteiger partial charge in [-0.25, -0.2) is 4.98 Å². The van der Waals surface area contributed by atoms with Crippen molar-refractivity contribution in [2.45, 2.75) is 40.0 Å². The average molecular weight is 244 g/mol. The van der Waals surface area contributed by atoms with Gasteiger partial charge in [-0.2, -0.15) is 0 Å². The molecule has 0 unspecified atom stereocenters. The molecule has 0 radical (unpaired) electrons. The topological polar surface area (TPSA) is 52.0 Å². The Kier molecular flexibility index (Phi) is 2.93. The maximum atomic E-state index is 5.95. The smallest absolute Gasteiger partial charge is 0.226 e. The molecule has 0 saturated carbocycles. The van der Waals surface area contributed by atoms with E-state index in [0.717, 1.165) is 28.1 Å². The molecule has 0 saturated heterocycles. The van der Waals surface area contributed by atoms with Crippen LogP contribution in [0.1, 0.15) is 37.7 Å². The van der Waals surface area contributed by atoms with Crippen molar-refractivity contribution in [2.24, 2.45) is 0 Å². The number of anilines is 1. The van der Waals surface area contributed by atoms with Gasteiger partial charge in [-0.1, -0.05) is 26.8 Å². The molecule has 18 heavy (non-hydrogen) atoms. The fourth-order valence-corrected chi connectivity index (χ4v) is 1.84. The lowest BCUT2D eigenvalue weighted by Gasteiger charge is -2.13. The van der Waals surface area contributed by atoms with Crippen LogP contribution in [0.4, 0.5) is 5.69 Å². The van der Waals surface area contributed by atoms with E-state index in [-0.39, 0.29) is 5.41 Å². The van der Waals surface area contributed by atoms with E-state index in [1.165, 1.54) is 0 Å². The summed E-state index contributed by atoms with van der Waals surface area (Å²) in [4.78, 5) is 4.36. The zero-order valence-corrected chi connectivity index (χ0v) is 11.7. The number of aryl methyl sites for hydroxylation is 2. The zero-order valence-electron chi connectivity index (χ0n) is 11.7. The average Bonchev–Trinajstić information content (AvgIpc) is 2.72. The number of benzene rings is 1. The molecule has 0 atom stereocenters. The number of nitrogen functional groups attached to an aromatic ring is 1. The molecule has 1 heterocycles. The highest BCUT2D eigenvalue weighted by Gasteiger charge is 2.20. The summed E-state index contributed by atoms with van der Waals surface area (Å²) in [5.41, 5.74) is 9.86. The summed E-state index contributed by atoms with van der Waals surface area (Å²) in [6.07, 6.45) is 1.80. The van der Waals surface area contributed by atoms with Crippen LogP contribution in [0, 0.1) is 13.8 Å². The van der Waals surface area contributed by atoms with Crippen LogP contribution >= 0.6 is 0 Å². The standard InChI is InChI=1S/C15H20N2O/c1-9-6-10(2)12(16)7-11(9)14-17-8-13(18-14)15(3,4)5/h6-8H,16H2,1-5H3. The van der Waals surface area contributed by atoms with E-state index in [1.54, 1.807) is 6.20 Å². The highest BCUT2D eigenvalue weighted by molar-refractivity contribution is 5.66. The van der Waals surface area contributed by atoms with Crippen molar-refractivity contribution in [3.8, 4) is 11.5 Å². The van der Waals surface area contributed by atoms with Gasteiger partial charge in [-0.3, -0.25) is 0 Å². The number of aromatic nitrogens is 1. The molecular weight excluding hydrogens is 224 g/mol. The molecule has 1 aromatic heterocycles. The Bertz CT molecular complexity index is 577. The predicted octanol–water partition coefficient (Wildman–Crippen LogP) is 3.84. The van der Waals surface area contributed by atoms with Gasteiger partial charge >= 0.3 is 0 Å². The number of rotatable bonds is 1. The third-order valence-corrected chi connectivity index (χ3v) is 3.09. The maximum Gasteiger partial charge on any atom is 0.226 e. The van der Waals surface area contributed by atoms with E-state index in [2.05, 4.69) is 31.8 Å². The number of nitrogens with zero attached hydrogens (tertiary/aromatic N) is 1. The van der Waals surface area contributed by atoms with Gasteiger partial charge < -0.3 is 10.2 Å². The summed E-state index contributed by atoms with van der Waals surface area (Å²) in [6, 6.07) is 3.99. The van der Waals surface area contributed by atoms with E-state index in [0.29, 0.717) is 5.89 Å². The number of hydrogen-bond acceptors (Lipinski definition) is 3. The molecule has 0 aliphatic carbocycles. The van der Waals surface area contributed by atoms with Crippen molar-refractivity contribution in [3.63, 3.8) is 0 Å². The Morgan fingerprint density at radius 2 is 1.78 bits per heavy atom. The van der Waals surface area contributed by atoms with Crippen molar-refractivity contribution >= 4 is 5.69 Å². The van der Waals surface area contributed by atoms with Gasteiger partial charge in [0.1, 0.15) is 5.76 Å². The number of oxazole rings is 1. The second kappa shape index (κ2) is 4.16. The van der Waals surface area contributed by atoms with Gasteiger partial charge in [0, 0.05) is 16.7 Å². The molecule has 0 spiro atoms. The predicted molar refractivity (Wildman–Crippen MR) is 74.5 cm³/mol. The summed E-state index contributed by atoms with van der Waals surface area (Å²) in [5.74, 6) is 1.53. The van der Waals surface area contributed by atoms with Crippen molar-refractivity contribution < 1.29 is 4.42 Å². The van der Waals surface area contributed by atoms with Crippen molar-refractivity contribution in [1.29, 1.82) is 0 Å². The van der Waals surface area contributed by atoms with E-state index < -0.39 is 0 Å². The molecule has 0 aliphatic heterocycles. The van der Waals surface area contributed by atoms with E-state index in [9.17, 15) is 0 Å². The first-order chi connectivity index (χ1) is 8.29. The molecule has 2 rings (SSSR count). The molecule has 1 aromatic carbocycles. The molecule has 0 aliphatic rings. The molecular formula is C15H20N2O. The summed E-state index contributed by atoms with van der Waals surface area (Å²) >= 11 is 0. The minimum Gasteiger partial charge on any atom is -0.441 e. The van der Waals surface area contributed by atoms with E-state index in [4.69, 9.17) is 10.2 Å². The van der Waals surface area contributed by atoms with Crippen LogP contribution in [0.25, 0.3) is 11.5 Å². The van der Waals surface area contributed by atoms with Gasteiger partial charge in [0.05, 0.1) is 6.20 Å². The van der Waals surface area contributed by atoms with E-state index in [1.807, 2.05) is 19.9 Å². The molecule has 2 N–H and O–H groups in total. The van der Waals surface area contributed by atoms with E-state index >= 15 is 0 Å². The Balaban J connectivity index is 2.50. The molecule has 3 nitrogen and oxygen atoms in total. The van der Waals surface area contributed by atoms with Crippen LogP contribution in [0.2, 0.25) is 0 Å². The van der Waals surface area contributed by atoms with Gasteiger partial charge in [-0.05, 0) is 31.0 Å². The van der Waals surface area contributed by atoms with Crippen molar-refractivity contribution in [2.75, 3.05) is 5.73 Å². The third-order valence-electron chi connectivity index (χ3n) is 3.09. The lowest BCUT2D eigenvalue weighted by atomic mass is 9.94. The summed E-state index contributed by atoms with van der Waals surface area (Å²) in [5, 5.41) is 0. The third kappa shape index (κ3) is 2.26. The molecule has 96 valence electrons. The number of nitrogens with two attached hydrogens (primary N) is 1. The second-order valence-corrected chi connectivity index (χ2v) is 5.80. The normalized spacial score (nSPS) is 11.8. The highest BCUT2D eigenvalue weighted by atomic mass is 16.4. The molecule has 2 aromatic rings. The summed E-state index contributed by atoms with van der Waals surface area (Å²) < 4.78 is 5.84. The number of hydrogen-bond donors (Lipinski definition) is 1. The first-order valence-corrected chi connectivity index (χ1v) is 6.12. The zero-order chi connectivity index (χ0) is 13.5. The lowest BCUT2D eigenvalue weighted by Crippen LogP contribution is -2.09. The minimum absolute atomic E-state index is 0.0323. The summed E-state index contributed by atoms with van der Waals surface area (Å²) in [6.45, 7) is 10.4. The molecule has 0 bridgehead atoms. The SMILES string of the molecule is Cc1cc(C)c(-c2ncc(C(C)(C)C)o2)cc1N. The monoisotopic (exact) mass is 244 g/mol. The largest absolute Gasteiger partial charge is 0.441 e. The van der Waals surface area contributed by atoms with Crippen molar-refractivity contribution in [1.82, 2.24) is 4.98 Å². The molecule has 0 amide bonds. The quantitative estimate of drug-likeness (QED) is 0.775. The minimum atomic E-state index is -0.0323. The Labute approximate surface area is 108 Å². The van der Waals surface area contributed by atoms with Gasteiger partial charge in [0.25, 0.3) is 0 Å². The Morgan fingerprint density at radius 1 is 1.11 bits per heavy atom. The molecule has 3 heteroatoms. The molecule has 0 fully saturated rings. The van der Waals surface area contributed by atoms with Crippen LogP contribution < -0.4 is 5.73 Å². The van der Waals surface area contributed by atoms with Gasteiger partial charge in [0.2, 0.25) is 5.89 Å². The fourth-order valence-electron chi connectivity index (χ4n) is 1.84.